The van der Waals surface area contributed by atoms with Crippen molar-refractivity contribution in [1.29, 1.82) is 0 Å². The molecule has 0 aliphatic rings. The molecule has 0 spiro atoms. The number of rotatable bonds is 6. The van der Waals surface area contributed by atoms with Crippen LogP contribution in [0.15, 0.2) is 0 Å². The van der Waals surface area contributed by atoms with Gasteiger partial charge >= 0.3 is 12.3 Å². The van der Waals surface area contributed by atoms with E-state index in [1.165, 1.54) is 0 Å². The molecule has 0 rings (SSSR count). The number of ether oxygens (including phenoxy) is 4. The molecule has 6 nitrogen and oxygen atoms in total. The summed E-state index contributed by atoms with van der Waals surface area (Å²) in [5, 5.41) is 0. The van der Waals surface area contributed by atoms with Gasteiger partial charge in [0.2, 0.25) is 0 Å². The summed E-state index contributed by atoms with van der Waals surface area (Å²) in [5.41, 5.74) is 0. The Morgan fingerprint density at radius 1 is 0.714 bits per heavy atom. The molecule has 116 valence electrons. The zero-order chi connectivity index (χ0) is 15.8. The molecule has 6 heteroatoms. The van der Waals surface area contributed by atoms with Crippen LogP contribution in [0.2, 0.25) is 0 Å². The summed E-state index contributed by atoms with van der Waals surface area (Å²) >= 11 is 0. The molecule has 0 aromatic rings. The lowest BCUT2D eigenvalue weighted by Gasteiger charge is -1.98. The molecule has 0 bridgehead atoms. The van der Waals surface area contributed by atoms with Crippen LogP contribution in [0.1, 0.15) is 33.1 Å². The van der Waals surface area contributed by atoms with Gasteiger partial charge in [0.25, 0.3) is 0 Å². The van der Waals surface area contributed by atoms with E-state index in [1.54, 1.807) is 13.8 Å². The van der Waals surface area contributed by atoms with E-state index in [9.17, 15) is 9.59 Å². The van der Waals surface area contributed by atoms with Crippen molar-refractivity contribution < 1.29 is 28.5 Å². The van der Waals surface area contributed by atoms with Gasteiger partial charge in [-0.25, -0.2) is 9.59 Å². The first kappa shape index (κ1) is 18.7. The van der Waals surface area contributed by atoms with Crippen molar-refractivity contribution in [3.05, 3.63) is 0 Å². The normalized spacial score (nSPS) is 8.48. The number of carbonyl (C=O) groups excluding carboxylic acids is 2. The Morgan fingerprint density at radius 3 is 1.52 bits per heavy atom. The van der Waals surface area contributed by atoms with Gasteiger partial charge in [-0.1, -0.05) is 23.7 Å². The highest BCUT2D eigenvalue weighted by atomic mass is 16.7. The van der Waals surface area contributed by atoms with Gasteiger partial charge in [0.05, 0.1) is 13.2 Å². The van der Waals surface area contributed by atoms with Crippen LogP contribution in [0, 0.1) is 23.7 Å². The molecular formula is C15H20O6. The van der Waals surface area contributed by atoms with Crippen LogP contribution >= 0.6 is 0 Å². The summed E-state index contributed by atoms with van der Waals surface area (Å²) in [6.07, 6.45) is 0.677. The maximum Gasteiger partial charge on any atom is 0.509 e. The van der Waals surface area contributed by atoms with Gasteiger partial charge < -0.3 is 18.9 Å². The maximum atomic E-state index is 10.8. The second kappa shape index (κ2) is 14.1. The van der Waals surface area contributed by atoms with Crippen molar-refractivity contribution in [1.82, 2.24) is 0 Å². The fourth-order valence-corrected chi connectivity index (χ4v) is 1.05. The van der Waals surface area contributed by atoms with Crippen molar-refractivity contribution >= 4 is 12.3 Å². The van der Waals surface area contributed by atoms with E-state index in [2.05, 4.69) is 42.6 Å². The van der Waals surface area contributed by atoms with Crippen molar-refractivity contribution in [2.75, 3.05) is 26.4 Å². The summed E-state index contributed by atoms with van der Waals surface area (Å²) < 4.78 is 18.5. The number of hydrogen-bond donors (Lipinski definition) is 0. The quantitative estimate of drug-likeness (QED) is 0.426. The molecule has 0 aromatic carbocycles. The van der Waals surface area contributed by atoms with Gasteiger partial charge in [0.1, 0.15) is 0 Å². The zero-order valence-corrected chi connectivity index (χ0v) is 12.4. The highest BCUT2D eigenvalue weighted by molar-refractivity contribution is 5.60. The predicted molar refractivity (Wildman–Crippen MR) is 75.4 cm³/mol. The van der Waals surface area contributed by atoms with Crippen molar-refractivity contribution in [3.63, 3.8) is 0 Å². The molecule has 0 radical (unpaired) electrons. The Morgan fingerprint density at radius 2 is 1.14 bits per heavy atom. The first-order valence-corrected chi connectivity index (χ1v) is 6.71. The molecule has 0 amide bonds. The fourth-order valence-electron chi connectivity index (χ4n) is 1.05. The summed E-state index contributed by atoms with van der Waals surface area (Å²) in [6.45, 7) is 4.02. The van der Waals surface area contributed by atoms with E-state index in [-0.39, 0.29) is 26.4 Å². The molecule has 0 aliphatic heterocycles. The topological polar surface area (TPSA) is 71.1 Å². The summed E-state index contributed by atoms with van der Waals surface area (Å²) in [6, 6.07) is 0. The molecule has 0 saturated heterocycles. The van der Waals surface area contributed by atoms with Crippen LogP contribution in [0.25, 0.3) is 0 Å². The third-order valence-electron chi connectivity index (χ3n) is 1.90. The lowest BCUT2D eigenvalue weighted by atomic mass is 10.2. The van der Waals surface area contributed by atoms with E-state index < -0.39 is 12.3 Å². The maximum absolute atomic E-state index is 10.8. The summed E-state index contributed by atoms with van der Waals surface area (Å²) in [7, 11) is 0. The summed E-state index contributed by atoms with van der Waals surface area (Å²) in [5.74, 6) is 11.1. The summed E-state index contributed by atoms with van der Waals surface area (Å²) in [4.78, 5) is 21.6. The highest BCUT2D eigenvalue weighted by Gasteiger charge is 1.98. The average molecular weight is 296 g/mol. The second-order valence-corrected chi connectivity index (χ2v) is 3.50. The van der Waals surface area contributed by atoms with E-state index in [0.717, 1.165) is 6.42 Å². The average Bonchev–Trinajstić information content (AvgIpc) is 2.45. The van der Waals surface area contributed by atoms with E-state index >= 15 is 0 Å². The molecule has 0 saturated carbocycles. The van der Waals surface area contributed by atoms with Gasteiger partial charge in [0.15, 0.2) is 13.2 Å². The molecule has 0 aliphatic carbocycles. The van der Waals surface area contributed by atoms with Crippen molar-refractivity contribution in [2.45, 2.75) is 33.1 Å². The minimum Gasteiger partial charge on any atom is -0.435 e. The highest BCUT2D eigenvalue weighted by Crippen LogP contribution is 1.92. The molecule has 21 heavy (non-hydrogen) atoms. The third-order valence-corrected chi connectivity index (χ3v) is 1.90. The Labute approximate surface area is 125 Å². The van der Waals surface area contributed by atoms with Crippen LogP contribution in [-0.2, 0) is 18.9 Å². The molecule has 0 aromatic heterocycles. The lowest BCUT2D eigenvalue weighted by Crippen LogP contribution is -2.06. The number of unbranched alkanes of at least 4 members (excludes halogenated alkanes) is 2. The van der Waals surface area contributed by atoms with Crippen LogP contribution < -0.4 is 0 Å². The molecule has 0 atom stereocenters. The molecular weight excluding hydrogens is 276 g/mol. The van der Waals surface area contributed by atoms with Gasteiger partial charge in [-0.2, -0.15) is 0 Å². The number of carbonyl (C=O) groups is 2. The van der Waals surface area contributed by atoms with E-state index in [1.807, 2.05) is 0 Å². The predicted octanol–water partition coefficient (Wildman–Crippen LogP) is 2.51. The molecule has 0 unspecified atom stereocenters. The Hall–Kier alpha value is -2.34. The van der Waals surface area contributed by atoms with E-state index in [4.69, 9.17) is 0 Å². The monoisotopic (exact) mass is 296 g/mol. The SMILES string of the molecule is CCOC(=O)OCC#CCCCC#CCOC(=O)OCC. The van der Waals surface area contributed by atoms with Crippen molar-refractivity contribution in [3.8, 4) is 23.7 Å². The van der Waals surface area contributed by atoms with Crippen LogP contribution in [0.5, 0.6) is 0 Å². The molecule has 0 heterocycles. The largest absolute Gasteiger partial charge is 0.509 e. The third kappa shape index (κ3) is 13.9. The smallest absolute Gasteiger partial charge is 0.435 e. The first-order valence-electron chi connectivity index (χ1n) is 6.71. The van der Waals surface area contributed by atoms with Crippen LogP contribution in [-0.4, -0.2) is 38.7 Å². The first-order chi connectivity index (χ1) is 10.2. The van der Waals surface area contributed by atoms with Gasteiger partial charge in [-0.15, -0.1) is 0 Å². The van der Waals surface area contributed by atoms with Crippen LogP contribution in [0.3, 0.4) is 0 Å². The van der Waals surface area contributed by atoms with Crippen molar-refractivity contribution in [2.24, 2.45) is 0 Å². The Kier molecular flexibility index (Phi) is 12.5. The zero-order valence-electron chi connectivity index (χ0n) is 12.4. The fraction of sp³-hybridized carbons (Fsp3) is 0.600. The minimum atomic E-state index is -0.709. The van der Waals surface area contributed by atoms with Gasteiger partial charge in [-0.05, 0) is 20.3 Å². The minimum absolute atomic E-state index is 0.0257. The van der Waals surface area contributed by atoms with Gasteiger partial charge in [-0.3, -0.25) is 0 Å². The second-order valence-electron chi connectivity index (χ2n) is 3.50. The van der Waals surface area contributed by atoms with E-state index in [0.29, 0.717) is 12.8 Å². The molecule has 0 N–H and O–H groups in total. The van der Waals surface area contributed by atoms with Gasteiger partial charge in [0, 0.05) is 12.8 Å². The Bertz CT molecular complexity index is 381. The number of hydrogen-bond acceptors (Lipinski definition) is 6. The van der Waals surface area contributed by atoms with Crippen LogP contribution in [0.4, 0.5) is 9.59 Å². The Balaban J connectivity index is 3.48. The lowest BCUT2D eigenvalue weighted by molar-refractivity contribution is 0.0676. The molecule has 0 fully saturated rings. The standard InChI is InChI=1S/C15H20O6/c1-3-18-14(16)20-12-10-8-6-5-7-9-11-13-21-15(17)19-4-2/h3-7,12-13H2,1-2H3.